The van der Waals surface area contributed by atoms with Gasteiger partial charge in [-0.1, -0.05) is 56.0 Å². The van der Waals surface area contributed by atoms with Crippen molar-refractivity contribution in [2.45, 2.75) is 52.1 Å². The lowest BCUT2D eigenvalue weighted by molar-refractivity contribution is 0.0730. The molecule has 220 valence electrons. The molecule has 1 aliphatic heterocycles. The van der Waals surface area contributed by atoms with Gasteiger partial charge in [0.05, 0.1) is 26.9 Å². The number of H-pyrrole nitrogens is 1. The zero-order chi connectivity index (χ0) is 29.8. The fourth-order valence-electron chi connectivity index (χ4n) is 5.38. The third-order valence-electron chi connectivity index (χ3n) is 7.67. The van der Waals surface area contributed by atoms with Gasteiger partial charge in [0.25, 0.3) is 5.91 Å². The summed E-state index contributed by atoms with van der Waals surface area (Å²) in [5, 5.41) is 18.8. The highest BCUT2D eigenvalue weighted by Crippen LogP contribution is 2.47. The molecule has 2 heterocycles. The van der Waals surface area contributed by atoms with Crippen molar-refractivity contribution in [2.24, 2.45) is 0 Å². The standard InChI is InChI=1S/C33H36ClN3O5/c1-5-6-7-8-15-42-27-14-11-22(17-28(27)41-4)32-29-30(24-18-25(34)20(2)16-26(24)38)35-36-31(29)33(39)37(32)19-21-9-12-23(40-3)13-10-21/h9-14,16-18,32,38H,5-8,15,19H2,1-4H3,(H,35,36). The molecule has 0 radical (unpaired) electrons. The number of benzene rings is 3. The molecule has 42 heavy (non-hydrogen) atoms. The Hall–Kier alpha value is -4.17. The Bertz CT molecular complexity index is 1570. The number of carbonyl (C=O) groups excluding carboxylic acids is 1. The number of amides is 1. The predicted octanol–water partition coefficient (Wildman–Crippen LogP) is 7.47. The summed E-state index contributed by atoms with van der Waals surface area (Å²) in [6.45, 7) is 4.95. The molecule has 8 nitrogen and oxygen atoms in total. The lowest BCUT2D eigenvalue weighted by Crippen LogP contribution is -2.29. The van der Waals surface area contributed by atoms with Crippen molar-refractivity contribution >= 4 is 17.5 Å². The second-order valence-corrected chi connectivity index (χ2v) is 10.9. The summed E-state index contributed by atoms with van der Waals surface area (Å²) >= 11 is 6.46. The maximum atomic E-state index is 13.9. The van der Waals surface area contributed by atoms with E-state index in [1.54, 1.807) is 31.3 Å². The summed E-state index contributed by atoms with van der Waals surface area (Å²) in [4.78, 5) is 15.7. The molecule has 1 atom stereocenters. The van der Waals surface area contributed by atoms with E-state index in [9.17, 15) is 9.90 Å². The molecule has 0 saturated heterocycles. The highest BCUT2D eigenvalue weighted by molar-refractivity contribution is 6.31. The van der Waals surface area contributed by atoms with Crippen LogP contribution in [0.15, 0.2) is 54.6 Å². The minimum atomic E-state index is -0.518. The van der Waals surface area contributed by atoms with E-state index in [0.29, 0.717) is 52.2 Å². The molecule has 9 heteroatoms. The summed E-state index contributed by atoms with van der Waals surface area (Å²) in [5.41, 5.74) is 4.46. The lowest BCUT2D eigenvalue weighted by atomic mass is 9.94. The Morgan fingerprint density at radius 3 is 2.50 bits per heavy atom. The van der Waals surface area contributed by atoms with Crippen LogP contribution in [0, 0.1) is 6.92 Å². The van der Waals surface area contributed by atoms with Gasteiger partial charge in [-0.3, -0.25) is 9.89 Å². The monoisotopic (exact) mass is 589 g/mol. The number of phenols is 1. The fraction of sp³-hybridized carbons (Fsp3) is 0.333. The van der Waals surface area contributed by atoms with E-state index >= 15 is 0 Å². The van der Waals surface area contributed by atoms with Crippen molar-refractivity contribution in [2.75, 3.05) is 20.8 Å². The number of ether oxygens (including phenoxy) is 3. The minimum absolute atomic E-state index is 0.0374. The van der Waals surface area contributed by atoms with Crippen molar-refractivity contribution in [3.63, 3.8) is 0 Å². The van der Waals surface area contributed by atoms with E-state index in [1.165, 1.54) is 6.42 Å². The molecule has 0 saturated carbocycles. The second-order valence-electron chi connectivity index (χ2n) is 10.5. The van der Waals surface area contributed by atoms with Crippen LogP contribution >= 0.6 is 11.6 Å². The van der Waals surface area contributed by atoms with Gasteiger partial charge in [-0.15, -0.1) is 0 Å². The van der Waals surface area contributed by atoms with Gasteiger partial charge >= 0.3 is 0 Å². The Balaban J connectivity index is 1.57. The number of aromatic nitrogens is 2. The maximum absolute atomic E-state index is 13.9. The molecule has 3 aromatic carbocycles. The highest BCUT2D eigenvalue weighted by Gasteiger charge is 2.43. The van der Waals surface area contributed by atoms with Gasteiger partial charge in [0, 0.05) is 22.7 Å². The molecule has 4 aromatic rings. The zero-order valence-electron chi connectivity index (χ0n) is 24.4. The third kappa shape index (κ3) is 5.77. The number of fused-ring (bicyclic) bond motifs is 1. The number of hydrogen-bond donors (Lipinski definition) is 2. The predicted molar refractivity (Wildman–Crippen MR) is 163 cm³/mol. The maximum Gasteiger partial charge on any atom is 0.273 e. The molecule has 0 spiro atoms. The molecule has 1 amide bonds. The molecule has 1 aromatic heterocycles. The molecule has 1 aliphatic rings. The van der Waals surface area contributed by atoms with Crippen molar-refractivity contribution in [3.8, 4) is 34.3 Å². The smallest absolute Gasteiger partial charge is 0.273 e. The average molecular weight is 590 g/mol. The van der Waals surface area contributed by atoms with E-state index in [4.69, 9.17) is 25.8 Å². The van der Waals surface area contributed by atoms with Gasteiger partial charge in [0.2, 0.25) is 0 Å². The molecular weight excluding hydrogens is 554 g/mol. The van der Waals surface area contributed by atoms with Crippen LogP contribution in [0.25, 0.3) is 11.3 Å². The summed E-state index contributed by atoms with van der Waals surface area (Å²) in [7, 11) is 3.23. The van der Waals surface area contributed by atoms with Gasteiger partial charge < -0.3 is 24.2 Å². The number of methoxy groups -OCH3 is 2. The molecule has 2 N–H and O–H groups in total. The first-order valence-electron chi connectivity index (χ1n) is 14.2. The van der Waals surface area contributed by atoms with Crippen molar-refractivity contribution in [1.29, 1.82) is 0 Å². The number of halogens is 1. The number of carbonyl (C=O) groups is 1. The number of unbranched alkanes of at least 4 members (excludes halogenated alkanes) is 3. The minimum Gasteiger partial charge on any atom is -0.507 e. The molecule has 0 aliphatic carbocycles. The van der Waals surface area contributed by atoms with E-state index in [0.717, 1.165) is 41.7 Å². The molecule has 0 fully saturated rings. The van der Waals surface area contributed by atoms with E-state index in [2.05, 4.69) is 17.1 Å². The molecule has 0 bridgehead atoms. The SMILES string of the molecule is CCCCCCOc1ccc(C2c3c(-c4cc(Cl)c(C)cc4O)n[nH]c3C(=O)N2Cc2ccc(OC)cc2)cc1OC. The first kappa shape index (κ1) is 29.3. The summed E-state index contributed by atoms with van der Waals surface area (Å²) in [6, 6.07) is 16.2. The Kier molecular flexibility index (Phi) is 8.92. The van der Waals surface area contributed by atoms with Gasteiger partial charge in [-0.2, -0.15) is 5.10 Å². The topological polar surface area (TPSA) is 96.9 Å². The number of aromatic amines is 1. The highest BCUT2D eigenvalue weighted by atomic mass is 35.5. The van der Waals surface area contributed by atoms with E-state index in [-0.39, 0.29) is 11.7 Å². The van der Waals surface area contributed by atoms with Crippen LogP contribution in [-0.2, 0) is 6.54 Å². The normalized spacial score (nSPS) is 14.3. The largest absolute Gasteiger partial charge is 0.507 e. The van der Waals surface area contributed by atoms with Crippen LogP contribution in [0.3, 0.4) is 0 Å². The Morgan fingerprint density at radius 2 is 1.79 bits per heavy atom. The van der Waals surface area contributed by atoms with Crippen LogP contribution in [0.2, 0.25) is 5.02 Å². The number of phenolic OH excluding ortho intramolecular Hbond substituents is 1. The first-order chi connectivity index (χ1) is 20.4. The van der Waals surface area contributed by atoms with Crippen molar-refractivity contribution in [1.82, 2.24) is 15.1 Å². The van der Waals surface area contributed by atoms with Crippen LogP contribution in [-0.4, -0.2) is 46.9 Å². The number of nitrogens with zero attached hydrogens (tertiary/aromatic N) is 2. The quantitative estimate of drug-likeness (QED) is 0.166. The van der Waals surface area contributed by atoms with Gasteiger partial charge in [0.15, 0.2) is 11.5 Å². The Labute approximate surface area is 251 Å². The van der Waals surface area contributed by atoms with Crippen LogP contribution in [0.4, 0.5) is 0 Å². The summed E-state index contributed by atoms with van der Waals surface area (Å²) < 4.78 is 17.1. The Morgan fingerprint density at radius 1 is 1.00 bits per heavy atom. The van der Waals surface area contributed by atoms with Gasteiger partial charge in [-0.25, -0.2) is 0 Å². The van der Waals surface area contributed by atoms with Crippen LogP contribution < -0.4 is 14.2 Å². The average Bonchev–Trinajstić information content (AvgIpc) is 3.54. The lowest BCUT2D eigenvalue weighted by Gasteiger charge is -2.27. The molecule has 1 unspecified atom stereocenters. The van der Waals surface area contributed by atoms with E-state index in [1.807, 2.05) is 49.4 Å². The van der Waals surface area contributed by atoms with Crippen LogP contribution in [0.5, 0.6) is 23.0 Å². The van der Waals surface area contributed by atoms with Crippen molar-refractivity contribution < 1.29 is 24.1 Å². The third-order valence-corrected chi connectivity index (χ3v) is 8.07. The molecular formula is C33H36ClN3O5. The number of rotatable bonds is 12. The second kappa shape index (κ2) is 12.8. The fourth-order valence-corrected chi connectivity index (χ4v) is 5.54. The number of aromatic hydroxyl groups is 1. The number of nitrogens with one attached hydrogen (secondary N) is 1. The van der Waals surface area contributed by atoms with Crippen molar-refractivity contribution in [3.05, 3.63) is 87.6 Å². The van der Waals surface area contributed by atoms with Gasteiger partial charge in [-0.05, 0) is 66.4 Å². The first-order valence-corrected chi connectivity index (χ1v) is 14.6. The summed E-state index contributed by atoms with van der Waals surface area (Å²) in [6.07, 6.45) is 4.42. The van der Waals surface area contributed by atoms with E-state index < -0.39 is 6.04 Å². The number of aryl methyl sites for hydroxylation is 1. The van der Waals surface area contributed by atoms with Gasteiger partial charge in [0.1, 0.15) is 22.9 Å². The zero-order valence-corrected chi connectivity index (χ0v) is 25.1. The summed E-state index contributed by atoms with van der Waals surface area (Å²) in [5.74, 6) is 1.81. The van der Waals surface area contributed by atoms with Crippen LogP contribution in [0.1, 0.15) is 71.4 Å². The number of hydrogen-bond acceptors (Lipinski definition) is 6. The molecule has 5 rings (SSSR count).